The van der Waals surface area contributed by atoms with Crippen molar-refractivity contribution in [1.29, 1.82) is 0 Å². The van der Waals surface area contributed by atoms with Crippen molar-refractivity contribution in [3.8, 4) is 0 Å². The molecular formula is C5H8O2. The lowest BCUT2D eigenvalue weighted by molar-refractivity contribution is -0.140. The smallest absolute Gasteiger partial charge is 0.308 e. The van der Waals surface area contributed by atoms with Crippen LogP contribution in [0.2, 0.25) is 0 Å². The molecule has 1 aliphatic heterocycles. The Hall–Kier alpha value is -0.530. The summed E-state index contributed by atoms with van der Waals surface area (Å²) >= 11 is 0. The van der Waals surface area contributed by atoms with Crippen LogP contribution in [0.4, 0.5) is 0 Å². The number of carbonyl (C=O) groups is 1. The van der Waals surface area contributed by atoms with Crippen molar-refractivity contribution in [2.45, 2.75) is 13.3 Å². The molecule has 1 heterocycles. The summed E-state index contributed by atoms with van der Waals surface area (Å²) in [6.07, 6.45) is 0.902. The Balaban J connectivity index is 2.48. The molecule has 0 aromatic carbocycles. The van der Waals surface area contributed by atoms with Gasteiger partial charge in [-0.3, -0.25) is 4.79 Å². The largest absolute Gasteiger partial charge is 0.465 e. The van der Waals surface area contributed by atoms with E-state index in [2.05, 4.69) is 4.74 Å². The van der Waals surface area contributed by atoms with Gasteiger partial charge in [-0.05, 0) is 6.42 Å². The van der Waals surface area contributed by atoms with Crippen molar-refractivity contribution in [2.24, 2.45) is 5.92 Å². The highest BCUT2D eigenvalue weighted by atomic mass is 16.5. The predicted molar refractivity (Wildman–Crippen MR) is 24.7 cm³/mol. The van der Waals surface area contributed by atoms with E-state index in [1.54, 1.807) is 0 Å². The molecule has 7 heavy (non-hydrogen) atoms. The molecule has 0 aromatic rings. The highest BCUT2D eigenvalue weighted by Crippen LogP contribution is 2.11. The Morgan fingerprint density at radius 3 is 2.71 bits per heavy atom. The van der Waals surface area contributed by atoms with Crippen LogP contribution in [0.15, 0.2) is 0 Å². The molecular weight excluding hydrogens is 92.1 g/mol. The number of ether oxygens (including phenoxy) is 1. The first-order chi connectivity index (χ1) is 3.30. The van der Waals surface area contributed by atoms with Crippen molar-refractivity contribution in [3.05, 3.63) is 0 Å². The van der Waals surface area contributed by atoms with E-state index in [-0.39, 0.29) is 11.9 Å². The summed E-state index contributed by atoms with van der Waals surface area (Å²) in [5.74, 6) is 0.111. The zero-order valence-corrected chi connectivity index (χ0v) is 4.31. The van der Waals surface area contributed by atoms with Gasteiger partial charge in [0.15, 0.2) is 0 Å². The Morgan fingerprint density at radius 1 is 1.86 bits per heavy atom. The molecule has 0 spiro atoms. The van der Waals surface area contributed by atoms with Gasteiger partial charge in [0, 0.05) is 0 Å². The van der Waals surface area contributed by atoms with Crippen LogP contribution in [0.1, 0.15) is 13.3 Å². The minimum absolute atomic E-state index is 0.0417. The van der Waals surface area contributed by atoms with Gasteiger partial charge in [0.05, 0.1) is 12.5 Å². The molecule has 2 nitrogen and oxygen atoms in total. The summed E-state index contributed by atoms with van der Waals surface area (Å²) < 4.78 is 4.63. The molecule has 0 aliphatic carbocycles. The molecule has 0 N–H and O–H groups in total. The minimum Gasteiger partial charge on any atom is -0.465 e. The zero-order chi connectivity index (χ0) is 5.28. The van der Waals surface area contributed by atoms with E-state index < -0.39 is 0 Å². The minimum atomic E-state index is -0.0417. The van der Waals surface area contributed by atoms with E-state index in [4.69, 9.17) is 0 Å². The van der Waals surface area contributed by atoms with Crippen LogP contribution in [0.3, 0.4) is 0 Å². The second kappa shape index (κ2) is 1.52. The monoisotopic (exact) mass is 100 g/mol. The van der Waals surface area contributed by atoms with Crippen LogP contribution in [0.5, 0.6) is 0 Å². The Kier molecular flexibility index (Phi) is 1.01. The number of rotatable bonds is 0. The van der Waals surface area contributed by atoms with Gasteiger partial charge < -0.3 is 4.74 Å². The maximum Gasteiger partial charge on any atom is 0.308 e. The van der Waals surface area contributed by atoms with Crippen molar-refractivity contribution in [1.82, 2.24) is 0 Å². The average Bonchev–Trinajstić information content (AvgIpc) is 1.91. The molecule has 0 bridgehead atoms. The number of hydrogen-bond acceptors (Lipinski definition) is 2. The summed E-state index contributed by atoms with van der Waals surface area (Å²) in [6, 6.07) is 0. The molecule has 2 heteroatoms. The van der Waals surface area contributed by atoms with Crippen LogP contribution in [-0.2, 0) is 9.53 Å². The third-order valence-corrected chi connectivity index (χ3v) is 1.20. The summed E-state index contributed by atoms with van der Waals surface area (Å²) in [5, 5.41) is 0. The predicted octanol–water partition coefficient (Wildman–Crippen LogP) is 0.569. The first-order valence-corrected chi connectivity index (χ1v) is 2.47. The molecule has 40 valence electrons. The fourth-order valence-corrected chi connectivity index (χ4v) is 0.596. The number of esters is 1. The van der Waals surface area contributed by atoms with Crippen molar-refractivity contribution < 1.29 is 9.53 Å². The van der Waals surface area contributed by atoms with E-state index >= 15 is 0 Å². The van der Waals surface area contributed by atoms with Crippen LogP contribution in [-0.4, -0.2) is 12.6 Å². The van der Waals surface area contributed by atoms with E-state index in [1.807, 2.05) is 6.92 Å². The lowest BCUT2D eigenvalue weighted by Crippen LogP contribution is -2.00. The Morgan fingerprint density at radius 2 is 2.57 bits per heavy atom. The van der Waals surface area contributed by atoms with Gasteiger partial charge in [0.2, 0.25) is 0 Å². The first-order valence-electron chi connectivity index (χ1n) is 2.47. The normalized spacial score (nSPS) is 30.4. The zero-order valence-electron chi connectivity index (χ0n) is 4.31. The van der Waals surface area contributed by atoms with Gasteiger partial charge in [-0.2, -0.15) is 0 Å². The van der Waals surface area contributed by atoms with Gasteiger partial charge in [-0.25, -0.2) is 0 Å². The quantitative estimate of drug-likeness (QED) is 0.416. The number of cyclic esters (lactones) is 1. The first kappa shape index (κ1) is 4.62. The molecule has 0 unspecified atom stereocenters. The summed E-state index contributed by atoms with van der Waals surface area (Å²) in [5.41, 5.74) is 0. The van der Waals surface area contributed by atoms with Crippen LogP contribution >= 0.6 is 0 Å². The lowest BCUT2D eigenvalue weighted by Gasteiger charge is -1.88. The standard InChI is InChI=1S/C5H8O2/c1-4-2-3-7-5(4)6/h4H,2-3H2,1H3/t4-/m1/s1. The Bertz CT molecular complexity index is 88.1. The molecule has 1 saturated heterocycles. The van der Waals surface area contributed by atoms with Crippen molar-refractivity contribution >= 4 is 5.97 Å². The molecule has 0 radical (unpaired) electrons. The van der Waals surface area contributed by atoms with Gasteiger partial charge in [0.1, 0.15) is 0 Å². The lowest BCUT2D eigenvalue weighted by atomic mass is 10.2. The van der Waals surface area contributed by atoms with Crippen molar-refractivity contribution in [2.75, 3.05) is 6.61 Å². The fraction of sp³-hybridized carbons (Fsp3) is 0.800. The molecule has 1 aliphatic rings. The van der Waals surface area contributed by atoms with E-state index in [0.717, 1.165) is 6.42 Å². The van der Waals surface area contributed by atoms with Gasteiger partial charge in [-0.15, -0.1) is 0 Å². The third-order valence-electron chi connectivity index (χ3n) is 1.20. The molecule has 1 rings (SSSR count). The van der Waals surface area contributed by atoms with E-state index in [9.17, 15) is 4.79 Å². The molecule has 0 saturated carbocycles. The van der Waals surface area contributed by atoms with E-state index in [1.165, 1.54) is 0 Å². The maximum atomic E-state index is 10.4. The van der Waals surface area contributed by atoms with Gasteiger partial charge in [0.25, 0.3) is 0 Å². The number of carbonyl (C=O) groups excluding carboxylic acids is 1. The third kappa shape index (κ3) is 0.734. The summed E-state index contributed by atoms with van der Waals surface area (Å²) in [7, 11) is 0. The average molecular weight is 100 g/mol. The van der Waals surface area contributed by atoms with Crippen LogP contribution in [0, 0.1) is 5.92 Å². The van der Waals surface area contributed by atoms with Crippen LogP contribution < -0.4 is 0 Å². The highest BCUT2D eigenvalue weighted by molar-refractivity contribution is 5.73. The second-order valence-corrected chi connectivity index (χ2v) is 1.86. The molecule has 0 amide bonds. The van der Waals surface area contributed by atoms with Gasteiger partial charge >= 0.3 is 5.97 Å². The summed E-state index contributed by atoms with van der Waals surface area (Å²) in [4.78, 5) is 10.4. The SMILES string of the molecule is C[C@@H]1CCOC1=O. The Labute approximate surface area is 42.5 Å². The topological polar surface area (TPSA) is 26.3 Å². The van der Waals surface area contributed by atoms with Crippen LogP contribution in [0.25, 0.3) is 0 Å². The fourth-order valence-electron chi connectivity index (χ4n) is 0.596. The highest BCUT2D eigenvalue weighted by Gasteiger charge is 2.20. The van der Waals surface area contributed by atoms with Crippen molar-refractivity contribution in [3.63, 3.8) is 0 Å². The second-order valence-electron chi connectivity index (χ2n) is 1.86. The summed E-state index contributed by atoms with van der Waals surface area (Å²) in [6.45, 7) is 2.51. The molecule has 1 atom stereocenters. The number of hydrogen-bond donors (Lipinski definition) is 0. The van der Waals surface area contributed by atoms with Gasteiger partial charge in [-0.1, -0.05) is 6.92 Å². The molecule has 1 fully saturated rings. The molecule has 0 aromatic heterocycles. The van der Waals surface area contributed by atoms with E-state index in [0.29, 0.717) is 6.61 Å². The maximum absolute atomic E-state index is 10.4.